The second-order valence-electron chi connectivity index (χ2n) is 4.23. The smallest absolute Gasteiger partial charge is 0.338 e. The van der Waals surface area contributed by atoms with Crippen molar-refractivity contribution < 1.29 is 22.6 Å². The summed E-state index contributed by atoms with van der Waals surface area (Å²) < 4.78 is 30.5. The third kappa shape index (κ3) is 2.64. The Balaban J connectivity index is 2.06. The van der Waals surface area contributed by atoms with Gasteiger partial charge in [-0.15, -0.1) is 0 Å². The molecule has 108 valence electrons. The SMILES string of the molecule is NCc1ccccc1C(=O)N[C@H]1CN(S(=O)(=O)O)C1=O. The molecule has 9 heteroatoms. The molecule has 20 heavy (non-hydrogen) atoms. The van der Waals surface area contributed by atoms with Gasteiger partial charge in [-0.05, 0) is 11.6 Å². The van der Waals surface area contributed by atoms with Crippen molar-refractivity contribution >= 4 is 22.1 Å². The number of amides is 2. The molecule has 1 aromatic carbocycles. The van der Waals surface area contributed by atoms with Crippen LogP contribution in [0.2, 0.25) is 0 Å². The molecule has 8 nitrogen and oxygen atoms in total. The van der Waals surface area contributed by atoms with Crippen LogP contribution in [-0.4, -0.2) is 41.7 Å². The van der Waals surface area contributed by atoms with Gasteiger partial charge in [-0.1, -0.05) is 18.2 Å². The number of carbonyl (C=O) groups is 2. The Kier molecular flexibility index (Phi) is 3.75. The summed E-state index contributed by atoms with van der Waals surface area (Å²) in [6.07, 6.45) is 0. The average Bonchev–Trinajstić information content (AvgIpc) is 2.40. The van der Waals surface area contributed by atoms with Crippen LogP contribution in [0.5, 0.6) is 0 Å². The molecule has 0 aliphatic carbocycles. The van der Waals surface area contributed by atoms with Gasteiger partial charge in [0.2, 0.25) is 0 Å². The van der Waals surface area contributed by atoms with Gasteiger partial charge in [0.1, 0.15) is 6.04 Å². The van der Waals surface area contributed by atoms with Crippen LogP contribution < -0.4 is 11.1 Å². The first-order valence-corrected chi connectivity index (χ1v) is 7.12. The number of nitrogens with two attached hydrogens (primary N) is 1. The Morgan fingerprint density at radius 1 is 1.45 bits per heavy atom. The number of β-lactam (4-membered cyclic amide) rings is 1. The first-order valence-electron chi connectivity index (χ1n) is 5.72. The topological polar surface area (TPSA) is 130 Å². The Hall–Kier alpha value is -1.97. The van der Waals surface area contributed by atoms with E-state index in [9.17, 15) is 18.0 Å². The molecule has 0 aromatic heterocycles. The van der Waals surface area contributed by atoms with E-state index in [4.69, 9.17) is 10.3 Å². The molecule has 0 radical (unpaired) electrons. The second kappa shape index (κ2) is 5.19. The maximum Gasteiger partial charge on any atom is 0.362 e. The van der Waals surface area contributed by atoms with Crippen LogP contribution >= 0.6 is 0 Å². The minimum Gasteiger partial charge on any atom is -0.338 e. The molecular formula is C11H13N3O5S. The minimum atomic E-state index is -4.55. The summed E-state index contributed by atoms with van der Waals surface area (Å²) in [5, 5.41) is 2.40. The zero-order valence-electron chi connectivity index (χ0n) is 10.3. The van der Waals surface area contributed by atoms with Crippen molar-refractivity contribution in [2.75, 3.05) is 6.54 Å². The molecule has 1 fully saturated rings. The molecule has 1 aromatic rings. The lowest BCUT2D eigenvalue weighted by Gasteiger charge is -2.35. The molecule has 2 rings (SSSR count). The number of hydrogen-bond acceptors (Lipinski definition) is 5. The van der Waals surface area contributed by atoms with Crippen molar-refractivity contribution in [2.24, 2.45) is 5.73 Å². The monoisotopic (exact) mass is 299 g/mol. The number of rotatable bonds is 4. The zero-order valence-corrected chi connectivity index (χ0v) is 11.1. The molecular weight excluding hydrogens is 286 g/mol. The van der Waals surface area contributed by atoms with E-state index in [1.807, 2.05) is 0 Å². The summed E-state index contributed by atoms with van der Waals surface area (Å²) in [4.78, 5) is 23.5. The lowest BCUT2D eigenvalue weighted by atomic mass is 10.1. The van der Waals surface area contributed by atoms with Crippen LogP contribution in [0.1, 0.15) is 15.9 Å². The summed E-state index contributed by atoms with van der Waals surface area (Å²) in [7, 11) is -4.55. The van der Waals surface area contributed by atoms with Crippen LogP contribution in [0.15, 0.2) is 24.3 Å². The maximum absolute atomic E-state index is 12.0. The fraction of sp³-hybridized carbons (Fsp3) is 0.273. The van der Waals surface area contributed by atoms with Crippen LogP contribution in [0.3, 0.4) is 0 Å². The van der Waals surface area contributed by atoms with Gasteiger partial charge in [0.05, 0.1) is 6.54 Å². The summed E-state index contributed by atoms with van der Waals surface area (Å²) in [5.41, 5.74) is 6.45. The van der Waals surface area contributed by atoms with Crippen molar-refractivity contribution in [3.05, 3.63) is 35.4 Å². The number of nitrogens with one attached hydrogen (secondary N) is 1. The summed E-state index contributed by atoms with van der Waals surface area (Å²) in [6.45, 7) is -0.118. The Morgan fingerprint density at radius 3 is 2.65 bits per heavy atom. The van der Waals surface area contributed by atoms with Crippen molar-refractivity contribution in [3.63, 3.8) is 0 Å². The van der Waals surface area contributed by atoms with E-state index >= 15 is 0 Å². The van der Waals surface area contributed by atoms with Crippen molar-refractivity contribution in [3.8, 4) is 0 Å². The highest BCUT2D eigenvalue weighted by molar-refractivity contribution is 7.84. The predicted molar refractivity (Wildman–Crippen MR) is 68.8 cm³/mol. The van der Waals surface area contributed by atoms with Crippen molar-refractivity contribution in [2.45, 2.75) is 12.6 Å². The molecule has 1 aliphatic rings. The van der Waals surface area contributed by atoms with E-state index in [1.54, 1.807) is 24.3 Å². The van der Waals surface area contributed by atoms with E-state index in [-0.39, 0.29) is 17.4 Å². The molecule has 0 bridgehead atoms. The summed E-state index contributed by atoms with van der Waals surface area (Å²) >= 11 is 0. The molecule has 1 aliphatic heterocycles. The first-order chi connectivity index (χ1) is 9.34. The average molecular weight is 299 g/mol. The Labute approximate surface area is 115 Å². The highest BCUT2D eigenvalue weighted by Crippen LogP contribution is 2.15. The van der Waals surface area contributed by atoms with Gasteiger partial charge in [0, 0.05) is 12.1 Å². The van der Waals surface area contributed by atoms with Gasteiger partial charge in [-0.3, -0.25) is 14.1 Å². The molecule has 1 heterocycles. The van der Waals surface area contributed by atoms with E-state index in [1.165, 1.54) is 0 Å². The van der Waals surface area contributed by atoms with Gasteiger partial charge >= 0.3 is 10.3 Å². The molecule has 1 saturated heterocycles. The number of nitrogens with zero attached hydrogens (tertiary/aromatic N) is 1. The van der Waals surface area contributed by atoms with Crippen LogP contribution in [0.4, 0.5) is 0 Å². The van der Waals surface area contributed by atoms with Crippen LogP contribution in [0, 0.1) is 0 Å². The normalized spacial score (nSPS) is 18.6. The van der Waals surface area contributed by atoms with E-state index < -0.39 is 28.2 Å². The van der Waals surface area contributed by atoms with E-state index in [2.05, 4.69) is 5.32 Å². The molecule has 2 amide bonds. The summed E-state index contributed by atoms with van der Waals surface area (Å²) in [6, 6.07) is 5.66. The quantitative estimate of drug-likeness (QED) is 0.477. The molecule has 0 saturated carbocycles. The molecule has 1 atom stereocenters. The van der Waals surface area contributed by atoms with Gasteiger partial charge in [0.15, 0.2) is 0 Å². The van der Waals surface area contributed by atoms with Gasteiger partial charge in [-0.25, -0.2) is 4.31 Å². The predicted octanol–water partition coefficient (Wildman–Crippen LogP) is -1.11. The highest BCUT2D eigenvalue weighted by Gasteiger charge is 2.44. The minimum absolute atomic E-state index is 0.166. The number of hydrogen-bond donors (Lipinski definition) is 3. The standard InChI is InChI=1S/C11H13N3O5S/c12-5-7-3-1-2-4-8(7)10(15)13-9-6-14(11(9)16)20(17,18)19/h1-4,9H,5-6,12H2,(H,13,15)(H,17,18,19)/t9-/m0/s1. The van der Waals surface area contributed by atoms with Gasteiger partial charge < -0.3 is 11.1 Å². The van der Waals surface area contributed by atoms with Crippen LogP contribution in [0.25, 0.3) is 0 Å². The third-order valence-electron chi connectivity index (χ3n) is 2.96. The number of carbonyl (C=O) groups excluding carboxylic acids is 2. The summed E-state index contributed by atoms with van der Waals surface area (Å²) in [5.74, 6) is -1.38. The van der Waals surface area contributed by atoms with Gasteiger partial charge in [-0.2, -0.15) is 8.42 Å². The Bertz CT molecular complexity index is 658. The van der Waals surface area contributed by atoms with Gasteiger partial charge in [0.25, 0.3) is 11.8 Å². The highest BCUT2D eigenvalue weighted by atomic mass is 32.2. The zero-order chi connectivity index (χ0) is 14.9. The Morgan fingerprint density at radius 2 is 2.10 bits per heavy atom. The maximum atomic E-state index is 12.0. The lowest BCUT2D eigenvalue weighted by Crippen LogP contribution is -2.65. The molecule has 0 spiro atoms. The second-order valence-corrected chi connectivity index (χ2v) is 5.57. The van der Waals surface area contributed by atoms with E-state index in [0.29, 0.717) is 11.1 Å². The van der Waals surface area contributed by atoms with Crippen molar-refractivity contribution in [1.29, 1.82) is 0 Å². The molecule has 0 unspecified atom stereocenters. The molecule has 4 N–H and O–H groups in total. The first kappa shape index (κ1) is 14.4. The van der Waals surface area contributed by atoms with Crippen LogP contribution in [-0.2, 0) is 21.6 Å². The number of benzene rings is 1. The fourth-order valence-electron chi connectivity index (χ4n) is 1.87. The fourth-order valence-corrected chi connectivity index (χ4v) is 2.56. The van der Waals surface area contributed by atoms with E-state index in [0.717, 1.165) is 0 Å². The van der Waals surface area contributed by atoms with Crippen molar-refractivity contribution in [1.82, 2.24) is 9.62 Å². The lowest BCUT2D eigenvalue weighted by molar-refractivity contribution is -0.136. The largest absolute Gasteiger partial charge is 0.362 e. The third-order valence-corrected chi connectivity index (χ3v) is 3.84.